The number of benzene rings is 2. The number of nitrogens with zero attached hydrogens (tertiary/aromatic N) is 3. The normalized spacial score (nSPS) is 17.7. The lowest BCUT2D eigenvalue weighted by molar-refractivity contribution is -0.127. The molecule has 0 aliphatic carbocycles. The number of fused-ring (bicyclic) bond motifs is 1. The molecule has 11 nitrogen and oxygen atoms in total. The van der Waals surface area contributed by atoms with Crippen molar-refractivity contribution in [3.05, 3.63) is 73.3 Å². The van der Waals surface area contributed by atoms with Crippen molar-refractivity contribution in [2.45, 2.75) is 57.3 Å². The molecule has 1 unspecified atom stereocenters. The first-order chi connectivity index (χ1) is 22.5. The number of hydrogen-bond donors (Lipinski definition) is 4. The average molecular weight is 682 g/mol. The number of carbonyl (C=O) groups is 1. The Morgan fingerprint density at radius 1 is 1.17 bits per heavy atom. The number of aromatic hydroxyl groups is 1. The molecule has 0 saturated carbocycles. The van der Waals surface area contributed by atoms with Gasteiger partial charge in [-0.2, -0.15) is 0 Å². The van der Waals surface area contributed by atoms with E-state index in [1.807, 2.05) is 34.5 Å². The number of aliphatic hydroxyl groups excluding tert-OH is 1. The highest BCUT2D eigenvalue weighted by molar-refractivity contribution is 7.16. The van der Waals surface area contributed by atoms with Crippen LogP contribution in [-0.4, -0.2) is 94.0 Å². The van der Waals surface area contributed by atoms with Gasteiger partial charge in [-0.15, -0.1) is 11.3 Å². The van der Waals surface area contributed by atoms with E-state index >= 15 is 0 Å². The van der Waals surface area contributed by atoms with Crippen LogP contribution in [0.2, 0.25) is 0 Å². The van der Waals surface area contributed by atoms with Crippen molar-refractivity contribution in [3.8, 4) is 11.5 Å². The van der Waals surface area contributed by atoms with E-state index in [0.29, 0.717) is 60.9 Å². The number of rotatable bonds is 10. The maximum absolute atomic E-state index is 13.3. The van der Waals surface area contributed by atoms with Crippen molar-refractivity contribution in [3.63, 3.8) is 0 Å². The number of ether oxygens (including phenoxy) is 2. The second-order valence-corrected chi connectivity index (χ2v) is 15.3. The van der Waals surface area contributed by atoms with Crippen LogP contribution < -0.4 is 14.9 Å². The van der Waals surface area contributed by atoms with Gasteiger partial charge in [0.2, 0.25) is 0 Å². The van der Waals surface area contributed by atoms with Gasteiger partial charge in [-0.05, 0) is 36.6 Å². The van der Waals surface area contributed by atoms with Crippen LogP contribution in [-0.2, 0) is 16.7 Å². The summed E-state index contributed by atoms with van der Waals surface area (Å²) in [7, 11) is 0. The highest BCUT2D eigenvalue weighted by atomic mass is 32.1. The largest absolute Gasteiger partial charge is 0.506 e. The van der Waals surface area contributed by atoms with Crippen molar-refractivity contribution in [1.82, 2.24) is 25.1 Å². The predicted octanol–water partition coefficient (Wildman–Crippen LogP) is 4.26. The Hall–Kier alpha value is -3.33. The fraction of sp³-hybridized carbons (Fsp3) is 0.500. The molecule has 1 spiro atoms. The van der Waals surface area contributed by atoms with Crippen molar-refractivity contribution < 1.29 is 24.5 Å². The standard InChI is InChI=1S/C34H43N5O6S2/c1-33(2,3)31-36-25(20-46-31)30(42)39-15-17-45-34(21-39)10-12-38(13-11-34)14-16-44-23-6-4-22(5-7-23)18-35-19-27(41)24-8-9-26(40)28-29(24)47-32(43)37-28/h4-9,20,27,35,40-41H,10-19,21H2,1-3H3,(H,37,43). The SMILES string of the molecule is CC(C)(C)c1nc(C(=O)N2CCOC3(CCN(CCOc4ccc(CNCC(O)c5ccc(O)c6[nH]c(=O)sc56)cc4)CC3)C2)cs1. The van der Waals surface area contributed by atoms with E-state index in [4.69, 9.17) is 9.47 Å². The van der Waals surface area contributed by atoms with Crippen LogP contribution >= 0.6 is 22.7 Å². The Morgan fingerprint density at radius 2 is 1.94 bits per heavy atom. The Bertz CT molecular complexity index is 1740. The maximum Gasteiger partial charge on any atom is 0.305 e. The van der Waals surface area contributed by atoms with Crippen LogP contribution in [0.1, 0.15) is 66.3 Å². The third-order valence-corrected chi connectivity index (χ3v) is 11.1. The number of likely N-dealkylation sites (tertiary alicyclic amines) is 1. The Balaban J connectivity index is 0.911. The molecule has 1 atom stereocenters. The lowest BCUT2D eigenvalue weighted by atomic mass is 9.89. The Labute approximate surface area is 282 Å². The summed E-state index contributed by atoms with van der Waals surface area (Å²) >= 11 is 2.53. The lowest BCUT2D eigenvalue weighted by Gasteiger charge is -2.47. The zero-order chi connectivity index (χ0) is 33.2. The number of amides is 1. The molecule has 252 valence electrons. The molecule has 0 bridgehead atoms. The molecule has 4 N–H and O–H groups in total. The van der Waals surface area contributed by atoms with Crippen LogP contribution in [0.4, 0.5) is 0 Å². The van der Waals surface area contributed by atoms with E-state index < -0.39 is 6.10 Å². The lowest BCUT2D eigenvalue weighted by Crippen LogP contribution is -2.58. The van der Waals surface area contributed by atoms with Crippen LogP contribution in [0.25, 0.3) is 10.2 Å². The summed E-state index contributed by atoms with van der Waals surface area (Å²) < 4.78 is 12.9. The van der Waals surface area contributed by atoms with Gasteiger partial charge in [-0.25, -0.2) is 4.98 Å². The molecule has 2 aromatic carbocycles. The molecule has 2 saturated heterocycles. The number of aliphatic hydroxyl groups is 1. The minimum Gasteiger partial charge on any atom is -0.506 e. The summed E-state index contributed by atoms with van der Waals surface area (Å²) in [4.78, 5) is 36.3. The topological polar surface area (TPSA) is 140 Å². The number of thiazole rings is 2. The number of aromatic nitrogens is 2. The molecule has 2 aliphatic heterocycles. The first-order valence-corrected chi connectivity index (χ1v) is 17.8. The first-order valence-electron chi connectivity index (χ1n) is 16.1. The van der Waals surface area contributed by atoms with E-state index in [0.717, 1.165) is 60.1 Å². The Kier molecular flexibility index (Phi) is 10.0. The maximum atomic E-state index is 13.3. The van der Waals surface area contributed by atoms with Gasteiger partial charge in [0.25, 0.3) is 5.91 Å². The van der Waals surface area contributed by atoms with E-state index in [2.05, 4.69) is 41.0 Å². The second kappa shape index (κ2) is 14.0. The molecular weight excluding hydrogens is 639 g/mol. The van der Waals surface area contributed by atoms with E-state index in [1.165, 1.54) is 6.07 Å². The summed E-state index contributed by atoms with van der Waals surface area (Å²) in [6.45, 7) is 12.1. The zero-order valence-electron chi connectivity index (χ0n) is 27.1. The number of aromatic amines is 1. The van der Waals surface area contributed by atoms with Gasteiger partial charge in [0.15, 0.2) is 0 Å². The summed E-state index contributed by atoms with van der Waals surface area (Å²) in [5.41, 5.74) is 2.19. The van der Waals surface area contributed by atoms with Gasteiger partial charge in [-0.3, -0.25) is 14.5 Å². The summed E-state index contributed by atoms with van der Waals surface area (Å²) in [5.74, 6) is 0.798. The number of carbonyl (C=O) groups excluding carboxylic acids is 1. The first kappa shape index (κ1) is 33.6. The molecule has 2 aliphatic rings. The third kappa shape index (κ3) is 7.87. The molecule has 6 rings (SSSR count). The molecule has 1 amide bonds. The molecule has 2 aromatic heterocycles. The van der Waals surface area contributed by atoms with Crippen LogP contribution in [0.3, 0.4) is 0 Å². The van der Waals surface area contributed by atoms with Gasteiger partial charge in [0.1, 0.15) is 29.3 Å². The fourth-order valence-corrected chi connectivity index (χ4v) is 7.94. The van der Waals surface area contributed by atoms with E-state index in [9.17, 15) is 19.8 Å². The average Bonchev–Trinajstić information content (AvgIpc) is 3.71. The van der Waals surface area contributed by atoms with Gasteiger partial charge >= 0.3 is 4.87 Å². The minimum atomic E-state index is -0.826. The zero-order valence-corrected chi connectivity index (χ0v) is 28.7. The van der Waals surface area contributed by atoms with Crippen LogP contribution in [0.15, 0.2) is 46.6 Å². The smallest absolute Gasteiger partial charge is 0.305 e. The number of phenols is 1. The van der Waals surface area contributed by atoms with Crippen molar-refractivity contribution in [2.75, 3.05) is 52.5 Å². The highest BCUT2D eigenvalue weighted by Gasteiger charge is 2.41. The third-order valence-electron chi connectivity index (χ3n) is 8.88. The summed E-state index contributed by atoms with van der Waals surface area (Å²) in [6.07, 6.45) is 0.925. The van der Waals surface area contributed by atoms with Crippen LogP contribution in [0.5, 0.6) is 11.5 Å². The van der Waals surface area contributed by atoms with Gasteiger partial charge in [0, 0.05) is 55.6 Å². The molecule has 0 radical (unpaired) electrons. The number of phenolic OH excluding ortho intramolecular Hbond substituents is 1. The molecule has 13 heteroatoms. The Morgan fingerprint density at radius 3 is 2.66 bits per heavy atom. The monoisotopic (exact) mass is 681 g/mol. The van der Waals surface area contributed by atoms with Gasteiger partial charge in [-0.1, -0.05) is 50.3 Å². The van der Waals surface area contributed by atoms with Gasteiger partial charge in [0.05, 0.1) is 34.6 Å². The summed E-state index contributed by atoms with van der Waals surface area (Å²) in [5, 5.41) is 26.8. The molecule has 4 aromatic rings. The van der Waals surface area contributed by atoms with Crippen molar-refractivity contribution in [2.24, 2.45) is 0 Å². The number of morpholine rings is 1. The van der Waals surface area contributed by atoms with Crippen LogP contribution in [0, 0.1) is 0 Å². The second-order valence-electron chi connectivity index (χ2n) is 13.4. The fourth-order valence-electron chi connectivity index (χ4n) is 6.14. The number of nitrogens with one attached hydrogen (secondary N) is 2. The predicted molar refractivity (Wildman–Crippen MR) is 184 cm³/mol. The molecule has 4 heterocycles. The highest BCUT2D eigenvalue weighted by Crippen LogP contribution is 2.33. The number of piperidine rings is 1. The molecule has 47 heavy (non-hydrogen) atoms. The minimum absolute atomic E-state index is 0.00212. The van der Waals surface area contributed by atoms with Gasteiger partial charge < -0.3 is 34.9 Å². The number of hydrogen-bond acceptors (Lipinski definition) is 11. The number of H-pyrrole nitrogens is 1. The summed E-state index contributed by atoms with van der Waals surface area (Å²) in [6, 6.07) is 11.0. The van der Waals surface area contributed by atoms with Crippen molar-refractivity contribution in [1.29, 1.82) is 0 Å². The van der Waals surface area contributed by atoms with Crippen molar-refractivity contribution >= 4 is 38.8 Å². The van der Waals surface area contributed by atoms with E-state index in [-0.39, 0.29) is 27.5 Å². The molecule has 2 fully saturated rings. The molecular formula is C34H43N5O6S2. The van der Waals surface area contributed by atoms with E-state index in [1.54, 1.807) is 17.4 Å². The quantitative estimate of drug-likeness (QED) is 0.193.